The van der Waals surface area contributed by atoms with Crippen LogP contribution >= 0.6 is 0 Å². The zero-order valence-corrected chi connectivity index (χ0v) is 17.4. The summed E-state index contributed by atoms with van der Waals surface area (Å²) in [4.78, 5) is -1.03. The second-order valence-corrected chi connectivity index (χ2v) is 9.49. The molecule has 3 rings (SSSR count). The number of rotatable bonds is 7. The first-order chi connectivity index (χ1) is 14.5. The lowest BCUT2D eigenvalue weighted by atomic mass is 10.2. The van der Waals surface area contributed by atoms with E-state index in [1.54, 1.807) is 0 Å². The zero-order valence-electron chi connectivity index (χ0n) is 15.8. The quantitative estimate of drug-likeness (QED) is 0.546. The van der Waals surface area contributed by atoms with Crippen molar-refractivity contribution in [2.75, 3.05) is 16.6 Å². The second-order valence-electron chi connectivity index (χ2n) is 6.15. The number of halogens is 3. The van der Waals surface area contributed by atoms with E-state index in [2.05, 4.69) is 9.44 Å². The molecule has 0 aliphatic rings. The van der Waals surface area contributed by atoms with E-state index in [0.29, 0.717) is 6.07 Å². The zero-order chi connectivity index (χ0) is 22.8. The van der Waals surface area contributed by atoms with Gasteiger partial charge < -0.3 is 4.74 Å². The number of sulfonamides is 2. The van der Waals surface area contributed by atoms with Crippen LogP contribution in [0.4, 0.5) is 24.5 Å². The number of anilines is 2. The van der Waals surface area contributed by atoms with E-state index >= 15 is 0 Å². The van der Waals surface area contributed by atoms with Gasteiger partial charge in [-0.2, -0.15) is 0 Å². The largest absolute Gasteiger partial charge is 0.495 e. The number of benzene rings is 3. The topological polar surface area (TPSA) is 102 Å². The highest BCUT2D eigenvalue weighted by atomic mass is 32.2. The van der Waals surface area contributed by atoms with Crippen LogP contribution in [0.15, 0.2) is 70.5 Å². The summed E-state index contributed by atoms with van der Waals surface area (Å²) in [5.41, 5.74) is -0.257. The lowest BCUT2D eigenvalue weighted by Gasteiger charge is -2.15. The molecular formula is C19H15F3N2O5S2. The van der Waals surface area contributed by atoms with Crippen molar-refractivity contribution < 1.29 is 34.7 Å². The van der Waals surface area contributed by atoms with Gasteiger partial charge in [-0.1, -0.05) is 0 Å². The fourth-order valence-corrected chi connectivity index (χ4v) is 4.74. The van der Waals surface area contributed by atoms with Crippen molar-refractivity contribution >= 4 is 31.4 Å². The predicted molar refractivity (Wildman–Crippen MR) is 107 cm³/mol. The highest BCUT2D eigenvalue weighted by molar-refractivity contribution is 7.93. The van der Waals surface area contributed by atoms with Gasteiger partial charge >= 0.3 is 0 Å². The molecule has 0 spiro atoms. The van der Waals surface area contributed by atoms with Crippen molar-refractivity contribution in [3.63, 3.8) is 0 Å². The van der Waals surface area contributed by atoms with Crippen molar-refractivity contribution in [1.29, 1.82) is 0 Å². The van der Waals surface area contributed by atoms with Gasteiger partial charge in [0.2, 0.25) is 0 Å². The summed E-state index contributed by atoms with van der Waals surface area (Å²) >= 11 is 0. The molecule has 0 saturated heterocycles. The third-order valence-corrected chi connectivity index (χ3v) is 6.80. The van der Waals surface area contributed by atoms with E-state index in [0.717, 1.165) is 42.5 Å². The predicted octanol–water partition coefficient (Wildman–Crippen LogP) is 3.71. The Bertz CT molecular complexity index is 1330. The molecule has 0 aliphatic heterocycles. The van der Waals surface area contributed by atoms with Crippen molar-refractivity contribution in [2.24, 2.45) is 0 Å². The van der Waals surface area contributed by atoms with Crippen LogP contribution in [0.1, 0.15) is 0 Å². The molecule has 3 aromatic rings. The van der Waals surface area contributed by atoms with Crippen LogP contribution < -0.4 is 14.2 Å². The Labute approximate surface area is 176 Å². The van der Waals surface area contributed by atoms with Gasteiger partial charge in [0.15, 0.2) is 0 Å². The van der Waals surface area contributed by atoms with E-state index in [9.17, 15) is 30.0 Å². The van der Waals surface area contributed by atoms with Gasteiger partial charge in [0.25, 0.3) is 20.0 Å². The first-order valence-corrected chi connectivity index (χ1v) is 11.4. The Morgan fingerprint density at radius 3 is 2.00 bits per heavy atom. The monoisotopic (exact) mass is 472 g/mol. The summed E-state index contributed by atoms with van der Waals surface area (Å²) in [6, 6.07) is 9.64. The number of methoxy groups -OCH3 is 1. The molecule has 3 aromatic carbocycles. The van der Waals surface area contributed by atoms with Gasteiger partial charge in [-0.3, -0.25) is 9.44 Å². The molecule has 0 bridgehead atoms. The van der Waals surface area contributed by atoms with Gasteiger partial charge in [0.05, 0.1) is 23.4 Å². The Morgan fingerprint density at radius 1 is 0.742 bits per heavy atom. The summed E-state index contributed by atoms with van der Waals surface area (Å²) in [6.45, 7) is 0. The fourth-order valence-electron chi connectivity index (χ4n) is 2.57. The molecule has 12 heteroatoms. The molecule has 0 heterocycles. The van der Waals surface area contributed by atoms with Gasteiger partial charge in [-0.05, 0) is 54.6 Å². The van der Waals surface area contributed by atoms with Crippen LogP contribution in [0.5, 0.6) is 5.75 Å². The van der Waals surface area contributed by atoms with Crippen molar-refractivity contribution in [1.82, 2.24) is 0 Å². The van der Waals surface area contributed by atoms with Crippen LogP contribution in [-0.2, 0) is 20.0 Å². The lowest BCUT2D eigenvalue weighted by Crippen LogP contribution is -2.16. The number of nitrogens with one attached hydrogen (secondary N) is 2. The maximum atomic E-state index is 13.9. The molecule has 0 atom stereocenters. The van der Waals surface area contributed by atoms with E-state index in [1.807, 2.05) is 0 Å². The number of ether oxygens (including phenoxy) is 1. The Kier molecular flexibility index (Phi) is 6.13. The van der Waals surface area contributed by atoms with Crippen molar-refractivity contribution in [3.8, 4) is 5.75 Å². The molecule has 0 amide bonds. The van der Waals surface area contributed by atoms with E-state index in [1.165, 1.54) is 19.2 Å². The van der Waals surface area contributed by atoms with Gasteiger partial charge in [0, 0.05) is 6.07 Å². The summed E-state index contributed by atoms with van der Waals surface area (Å²) in [6.07, 6.45) is 0. The van der Waals surface area contributed by atoms with E-state index in [-0.39, 0.29) is 22.0 Å². The molecule has 31 heavy (non-hydrogen) atoms. The molecule has 0 radical (unpaired) electrons. The highest BCUT2D eigenvalue weighted by Crippen LogP contribution is 2.31. The van der Waals surface area contributed by atoms with Crippen LogP contribution in [0.2, 0.25) is 0 Å². The number of hydrogen-bond donors (Lipinski definition) is 2. The Balaban J connectivity index is 1.94. The minimum Gasteiger partial charge on any atom is -0.495 e. The van der Waals surface area contributed by atoms with E-state index < -0.39 is 42.4 Å². The Morgan fingerprint density at radius 2 is 1.39 bits per heavy atom. The first-order valence-electron chi connectivity index (χ1n) is 8.46. The average Bonchev–Trinajstić information content (AvgIpc) is 2.67. The summed E-state index contributed by atoms with van der Waals surface area (Å²) in [7, 11) is -7.34. The fraction of sp³-hybridized carbons (Fsp3) is 0.0526. The smallest absolute Gasteiger partial charge is 0.264 e. The average molecular weight is 472 g/mol. The molecule has 2 N–H and O–H groups in total. The molecule has 7 nitrogen and oxygen atoms in total. The first kappa shape index (κ1) is 22.4. The minimum atomic E-state index is -4.45. The summed E-state index contributed by atoms with van der Waals surface area (Å²) in [5.74, 6) is -2.81. The van der Waals surface area contributed by atoms with E-state index in [4.69, 9.17) is 4.74 Å². The van der Waals surface area contributed by atoms with Crippen LogP contribution in [0, 0.1) is 17.5 Å². The summed E-state index contributed by atoms with van der Waals surface area (Å²) in [5, 5.41) is 0. The molecule has 0 fully saturated rings. The van der Waals surface area contributed by atoms with Gasteiger partial charge in [-0.15, -0.1) is 0 Å². The lowest BCUT2D eigenvalue weighted by molar-refractivity contribution is 0.417. The third-order valence-electron chi connectivity index (χ3n) is 4.00. The van der Waals surface area contributed by atoms with Crippen molar-refractivity contribution in [2.45, 2.75) is 9.79 Å². The second kappa shape index (κ2) is 8.47. The van der Waals surface area contributed by atoms with Crippen LogP contribution in [0.3, 0.4) is 0 Å². The molecule has 0 unspecified atom stereocenters. The van der Waals surface area contributed by atoms with Crippen LogP contribution in [-0.4, -0.2) is 23.9 Å². The maximum Gasteiger partial charge on any atom is 0.264 e. The molecule has 0 aromatic heterocycles. The number of hydrogen-bond acceptors (Lipinski definition) is 5. The minimum absolute atomic E-state index is 0.0570. The van der Waals surface area contributed by atoms with Gasteiger partial charge in [0.1, 0.15) is 28.1 Å². The standard InChI is InChI=1S/C19H15F3N2O5S2/c1-29-18-8-5-14(23-31(27,28)19-9-4-13(21)10-16(19)22)11-17(18)24-30(25,26)15-6-2-12(20)3-7-15/h2-11,23-24H,1H3. The molecule has 0 saturated carbocycles. The molecular weight excluding hydrogens is 457 g/mol. The SMILES string of the molecule is COc1ccc(NS(=O)(=O)c2ccc(F)cc2F)cc1NS(=O)(=O)c1ccc(F)cc1. The maximum absolute atomic E-state index is 13.9. The van der Waals surface area contributed by atoms with Gasteiger partial charge in [-0.25, -0.2) is 30.0 Å². The van der Waals surface area contributed by atoms with Crippen LogP contribution in [0.25, 0.3) is 0 Å². The highest BCUT2D eigenvalue weighted by Gasteiger charge is 2.22. The van der Waals surface area contributed by atoms with Crippen molar-refractivity contribution in [3.05, 3.63) is 78.1 Å². The third kappa shape index (κ3) is 5.09. The summed E-state index contributed by atoms with van der Waals surface area (Å²) < 4.78 is 99.5. The molecule has 0 aliphatic carbocycles. The normalized spacial score (nSPS) is 11.7. The molecule has 164 valence electrons. The Hall–Kier alpha value is -3.25.